The SMILES string of the molecule is C[C@H](OCc1cc(OCc2ccccc2)cc(OCc2ccccc2)c1)[C@@H](COCc1cc(OCc2ccccc2)cc(OCc2ccccc2)c1)Cc1ccc(CBr)cc1. The smallest absolute Gasteiger partial charge is 0.123 e. The molecule has 7 aromatic rings. The predicted octanol–water partition coefficient (Wildman–Crippen LogP) is 12.9. The summed E-state index contributed by atoms with van der Waals surface area (Å²) in [5.41, 5.74) is 8.79. The molecule has 6 nitrogen and oxygen atoms in total. The van der Waals surface area contributed by atoms with Gasteiger partial charge in [-0.05, 0) is 82.1 Å². The van der Waals surface area contributed by atoms with Crippen LogP contribution in [0.1, 0.15) is 51.4 Å². The van der Waals surface area contributed by atoms with Crippen LogP contribution < -0.4 is 18.9 Å². The van der Waals surface area contributed by atoms with Crippen molar-refractivity contribution in [3.8, 4) is 23.0 Å². The first-order valence-electron chi connectivity index (χ1n) is 20.8. The van der Waals surface area contributed by atoms with Crippen LogP contribution in [0.2, 0.25) is 0 Å². The van der Waals surface area contributed by atoms with Gasteiger partial charge in [-0.2, -0.15) is 0 Å². The molecular formula is C54H53BrO6. The fourth-order valence-corrected chi connectivity index (χ4v) is 7.22. The molecule has 0 saturated carbocycles. The highest BCUT2D eigenvalue weighted by Gasteiger charge is 2.20. The summed E-state index contributed by atoms with van der Waals surface area (Å²) in [5.74, 6) is 2.99. The first-order chi connectivity index (χ1) is 30.0. The highest BCUT2D eigenvalue weighted by molar-refractivity contribution is 9.08. The van der Waals surface area contributed by atoms with E-state index in [1.807, 2.05) is 109 Å². The largest absolute Gasteiger partial charge is 0.489 e. The van der Waals surface area contributed by atoms with Gasteiger partial charge in [0.1, 0.15) is 49.4 Å². The van der Waals surface area contributed by atoms with Crippen LogP contribution in [0, 0.1) is 5.92 Å². The monoisotopic (exact) mass is 876 g/mol. The summed E-state index contributed by atoms with van der Waals surface area (Å²) in [6, 6.07) is 61.5. The summed E-state index contributed by atoms with van der Waals surface area (Å²) < 4.78 is 38.4. The van der Waals surface area contributed by atoms with Crippen molar-refractivity contribution in [1.29, 1.82) is 0 Å². The molecule has 0 bridgehead atoms. The second-order valence-electron chi connectivity index (χ2n) is 15.2. The molecule has 7 heteroatoms. The summed E-state index contributed by atoms with van der Waals surface area (Å²) in [5, 5.41) is 0.815. The molecule has 0 N–H and O–H groups in total. The van der Waals surface area contributed by atoms with Gasteiger partial charge in [0.05, 0.1) is 25.9 Å². The van der Waals surface area contributed by atoms with E-state index in [-0.39, 0.29) is 12.0 Å². The third-order valence-corrected chi connectivity index (χ3v) is 11.0. The zero-order chi connectivity index (χ0) is 41.9. The van der Waals surface area contributed by atoms with Gasteiger partial charge >= 0.3 is 0 Å². The molecule has 7 aromatic carbocycles. The van der Waals surface area contributed by atoms with Gasteiger partial charge in [-0.25, -0.2) is 0 Å². The lowest BCUT2D eigenvalue weighted by Gasteiger charge is -2.25. The summed E-state index contributed by atoms with van der Waals surface area (Å²) in [6.07, 6.45) is 0.657. The Hall–Kier alpha value is -5.86. The second kappa shape index (κ2) is 23.2. The molecule has 61 heavy (non-hydrogen) atoms. The molecule has 0 fully saturated rings. The minimum atomic E-state index is -0.135. The Morgan fingerprint density at radius 1 is 0.377 bits per heavy atom. The van der Waals surface area contributed by atoms with E-state index in [1.54, 1.807) is 0 Å². The summed E-state index contributed by atoms with van der Waals surface area (Å²) in [4.78, 5) is 0. The third kappa shape index (κ3) is 14.4. The van der Waals surface area contributed by atoms with Gasteiger partial charge in [-0.1, -0.05) is 162 Å². The molecule has 0 spiro atoms. The molecule has 0 aromatic heterocycles. The van der Waals surface area contributed by atoms with Crippen LogP contribution in [0.3, 0.4) is 0 Å². The van der Waals surface area contributed by atoms with Crippen LogP contribution in [-0.4, -0.2) is 12.7 Å². The lowest BCUT2D eigenvalue weighted by molar-refractivity contribution is -0.0245. The van der Waals surface area contributed by atoms with Gasteiger partial charge in [0.2, 0.25) is 0 Å². The zero-order valence-corrected chi connectivity index (χ0v) is 36.3. The zero-order valence-electron chi connectivity index (χ0n) is 34.7. The van der Waals surface area contributed by atoms with Crippen molar-refractivity contribution in [3.05, 3.63) is 226 Å². The molecule has 0 aliphatic rings. The number of alkyl halides is 1. The van der Waals surface area contributed by atoms with Gasteiger partial charge in [0.15, 0.2) is 0 Å². The molecule has 2 atom stereocenters. The Morgan fingerprint density at radius 3 is 1.11 bits per heavy atom. The summed E-state index contributed by atoms with van der Waals surface area (Å²) in [7, 11) is 0. The molecule has 7 rings (SSSR count). The third-order valence-electron chi connectivity index (χ3n) is 10.3. The Morgan fingerprint density at radius 2 is 0.738 bits per heavy atom. The van der Waals surface area contributed by atoms with Crippen molar-refractivity contribution in [3.63, 3.8) is 0 Å². The van der Waals surface area contributed by atoms with E-state index < -0.39 is 0 Å². The van der Waals surface area contributed by atoms with Crippen molar-refractivity contribution in [2.45, 2.75) is 64.4 Å². The molecule has 0 aliphatic heterocycles. The first-order valence-corrected chi connectivity index (χ1v) is 21.9. The standard InChI is InChI=1S/C54H53BrO6/c1-41(57-39-49-29-53(60-37-46-18-10-4-11-19-46)32-54(30-49)61-38-47-20-12-5-13-21-47)50(26-42-22-24-43(33-55)25-23-42)40-56-34-48-27-51(58-35-44-14-6-2-7-15-44)31-52(28-48)59-36-45-16-8-3-9-17-45/h2-25,27-32,41,50H,26,33-40H2,1H3/t41-,50+/m0/s1. The average Bonchev–Trinajstić information content (AvgIpc) is 3.32. The van der Waals surface area contributed by atoms with E-state index in [9.17, 15) is 0 Å². The lowest BCUT2D eigenvalue weighted by atomic mass is 9.95. The van der Waals surface area contributed by atoms with E-state index in [1.165, 1.54) is 11.1 Å². The topological polar surface area (TPSA) is 55.4 Å². The van der Waals surface area contributed by atoms with Crippen LogP contribution in [0.5, 0.6) is 23.0 Å². The van der Waals surface area contributed by atoms with Crippen molar-refractivity contribution in [1.82, 2.24) is 0 Å². The Bertz CT molecular complexity index is 2200. The number of ether oxygens (including phenoxy) is 6. The minimum absolute atomic E-state index is 0.0625. The second-order valence-corrected chi connectivity index (χ2v) is 15.7. The van der Waals surface area contributed by atoms with E-state index >= 15 is 0 Å². The lowest BCUT2D eigenvalue weighted by Crippen LogP contribution is -2.27. The van der Waals surface area contributed by atoms with Crippen LogP contribution in [0.15, 0.2) is 182 Å². The number of benzene rings is 7. The van der Waals surface area contributed by atoms with Gasteiger partial charge in [0.25, 0.3) is 0 Å². The van der Waals surface area contributed by atoms with Gasteiger partial charge in [-0.15, -0.1) is 0 Å². The Labute approximate surface area is 369 Å². The minimum Gasteiger partial charge on any atom is -0.489 e. The fraction of sp³-hybridized carbons (Fsp3) is 0.222. The number of hydrogen-bond acceptors (Lipinski definition) is 6. The van der Waals surface area contributed by atoms with Crippen LogP contribution in [-0.2, 0) is 60.9 Å². The van der Waals surface area contributed by atoms with Gasteiger partial charge < -0.3 is 28.4 Å². The van der Waals surface area contributed by atoms with Crippen LogP contribution in [0.4, 0.5) is 0 Å². The number of hydrogen-bond donors (Lipinski definition) is 0. The van der Waals surface area contributed by atoms with E-state index in [0.29, 0.717) is 46.2 Å². The Kier molecular flexibility index (Phi) is 16.5. The van der Waals surface area contributed by atoms with Crippen molar-refractivity contribution < 1.29 is 28.4 Å². The van der Waals surface area contributed by atoms with Crippen molar-refractivity contribution in [2.24, 2.45) is 5.92 Å². The molecule has 0 radical (unpaired) electrons. The molecule has 0 unspecified atom stereocenters. The summed E-state index contributed by atoms with van der Waals surface area (Å²) >= 11 is 3.59. The molecule has 0 amide bonds. The molecule has 0 aliphatic carbocycles. The van der Waals surface area contributed by atoms with Crippen LogP contribution in [0.25, 0.3) is 0 Å². The molecule has 0 saturated heterocycles. The predicted molar refractivity (Wildman–Crippen MR) is 246 cm³/mol. The van der Waals surface area contributed by atoms with Gasteiger partial charge in [-0.3, -0.25) is 0 Å². The van der Waals surface area contributed by atoms with E-state index in [2.05, 4.69) is 95.7 Å². The van der Waals surface area contributed by atoms with Crippen molar-refractivity contribution >= 4 is 15.9 Å². The highest BCUT2D eigenvalue weighted by Crippen LogP contribution is 2.29. The van der Waals surface area contributed by atoms with Crippen molar-refractivity contribution in [2.75, 3.05) is 6.61 Å². The maximum atomic E-state index is 6.69. The maximum Gasteiger partial charge on any atom is 0.123 e. The molecule has 0 heterocycles. The highest BCUT2D eigenvalue weighted by atomic mass is 79.9. The van der Waals surface area contributed by atoms with E-state index in [0.717, 1.165) is 68.1 Å². The number of rotatable bonds is 23. The number of halogens is 1. The molecule has 312 valence electrons. The van der Waals surface area contributed by atoms with E-state index in [4.69, 9.17) is 28.4 Å². The summed E-state index contributed by atoms with van der Waals surface area (Å²) in [6.45, 7) is 5.21. The maximum absolute atomic E-state index is 6.69. The van der Waals surface area contributed by atoms with Gasteiger partial charge in [0, 0.05) is 23.4 Å². The van der Waals surface area contributed by atoms with Crippen LogP contribution >= 0.6 is 15.9 Å². The quantitative estimate of drug-likeness (QED) is 0.0597. The Balaban J connectivity index is 1.04. The average molecular weight is 878 g/mol. The normalized spacial score (nSPS) is 12.0. The first kappa shape index (κ1) is 43.2. The fourth-order valence-electron chi connectivity index (χ4n) is 6.84. The molecular weight excluding hydrogens is 824 g/mol.